The molecule has 0 bridgehead atoms. The van der Waals surface area contributed by atoms with Crippen molar-refractivity contribution >= 4 is 29.1 Å². The summed E-state index contributed by atoms with van der Waals surface area (Å²) in [5.41, 5.74) is 6.28. The molecule has 0 saturated carbocycles. The summed E-state index contributed by atoms with van der Waals surface area (Å²) in [4.78, 5) is 0. The van der Waals surface area contributed by atoms with Crippen molar-refractivity contribution in [3.05, 3.63) is 11.8 Å². The van der Waals surface area contributed by atoms with Crippen molar-refractivity contribution in [1.82, 2.24) is 0 Å². The average Bonchev–Trinajstić information content (AvgIpc) is 1.83. The highest BCUT2D eigenvalue weighted by molar-refractivity contribution is 14.1. The van der Waals surface area contributed by atoms with Gasteiger partial charge in [0.25, 0.3) is 0 Å². The Hall–Kier alpha value is -0.0600. The third-order valence-electron chi connectivity index (χ3n) is 0.837. The van der Waals surface area contributed by atoms with Gasteiger partial charge in [0, 0.05) is 6.21 Å². The van der Waals surface area contributed by atoms with E-state index in [1.54, 1.807) is 12.4 Å². The van der Waals surface area contributed by atoms with E-state index in [4.69, 9.17) is 5.73 Å². The molecule has 0 aromatic carbocycles. The Bertz CT molecular complexity index is 104. The van der Waals surface area contributed by atoms with Gasteiger partial charge in [0.15, 0.2) is 0 Å². The van der Waals surface area contributed by atoms with Crippen molar-refractivity contribution < 1.29 is 0 Å². The zero-order chi connectivity index (χ0) is 6.41. The predicted octanol–water partition coefficient (Wildman–Crippen LogP) is 1.66. The molecule has 0 fully saturated rings. The maximum absolute atomic E-state index is 5.21. The lowest BCUT2D eigenvalue weighted by molar-refractivity contribution is 1.17. The summed E-state index contributed by atoms with van der Waals surface area (Å²) in [6, 6.07) is 0. The van der Waals surface area contributed by atoms with Crippen LogP contribution in [0.1, 0.15) is 13.3 Å². The Balaban J connectivity index is 3.72. The van der Waals surface area contributed by atoms with Crippen LogP contribution in [0.4, 0.5) is 0 Å². The van der Waals surface area contributed by atoms with Crippen LogP contribution in [-0.2, 0) is 0 Å². The maximum Gasteiger partial charge on any atom is 0.0831 e. The minimum atomic E-state index is 0.947. The molecule has 0 atom stereocenters. The van der Waals surface area contributed by atoms with Crippen LogP contribution in [0.2, 0.25) is 0 Å². The van der Waals surface area contributed by atoms with Crippen molar-refractivity contribution in [3.63, 3.8) is 0 Å². The third kappa shape index (κ3) is 3.01. The van der Waals surface area contributed by atoms with Crippen molar-refractivity contribution in [3.8, 4) is 0 Å². The number of rotatable bonds is 2. The second-order valence-corrected chi connectivity index (χ2v) is 1.88. The minimum absolute atomic E-state index is 0.947. The molecule has 2 N–H and O–H groups in total. The largest absolute Gasteiger partial charge is 0.404 e. The average molecular weight is 224 g/mol. The van der Waals surface area contributed by atoms with Crippen molar-refractivity contribution in [1.29, 1.82) is 0 Å². The van der Waals surface area contributed by atoms with E-state index >= 15 is 0 Å². The molecule has 0 aliphatic carbocycles. The zero-order valence-corrected chi connectivity index (χ0v) is 6.92. The van der Waals surface area contributed by atoms with Crippen LogP contribution in [0, 0.1) is 0 Å². The molecule has 8 heavy (non-hydrogen) atoms. The molecule has 0 radical (unpaired) electrons. The van der Waals surface area contributed by atoms with E-state index in [0.717, 1.165) is 12.0 Å². The van der Waals surface area contributed by atoms with Gasteiger partial charge in [0.2, 0.25) is 0 Å². The lowest BCUT2D eigenvalue weighted by Crippen LogP contribution is -1.87. The molecule has 0 aliphatic heterocycles. The molecule has 0 saturated heterocycles. The molecule has 0 aliphatic rings. The van der Waals surface area contributed by atoms with E-state index < -0.39 is 0 Å². The zero-order valence-electron chi connectivity index (χ0n) is 4.76. The summed E-state index contributed by atoms with van der Waals surface area (Å²) < 4.78 is 3.77. The second-order valence-electron chi connectivity index (χ2n) is 1.32. The van der Waals surface area contributed by atoms with E-state index in [0.29, 0.717) is 0 Å². The molecule has 46 valence electrons. The number of nitrogens with zero attached hydrogens (tertiary/aromatic N) is 1. The first-order valence-electron chi connectivity index (χ1n) is 2.40. The molecular weight excluding hydrogens is 215 g/mol. The first-order valence-corrected chi connectivity index (χ1v) is 3.36. The molecule has 0 unspecified atom stereocenters. The van der Waals surface area contributed by atoms with Crippen LogP contribution in [-0.4, -0.2) is 6.21 Å². The van der Waals surface area contributed by atoms with E-state index in [1.807, 2.05) is 29.8 Å². The smallest absolute Gasteiger partial charge is 0.0831 e. The van der Waals surface area contributed by atoms with Gasteiger partial charge in [-0.1, -0.05) is 6.92 Å². The Morgan fingerprint density at radius 1 is 1.88 bits per heavy atom. The lowest BCUT2D eigenvalue weighted by Gasteiger charge is -1.88. The number of nitrogens with two attached hydrogens (primary N) is 1. The summed E-state index contributed by atoms with van der Waals surface area (Å²) in [6.07, 6.45) is 4.27. The lowest BCUT2D eigenvalue weighted by atomic mass is 10.2. The Kier molecular flexibility index (Phi) is 5.05. The van der Waals surface area contributed by atoms with Crippen LogP contribution in [0.15, 0.2) is 15.0 Å². The van der Waals surface area contributed by atoms with Gasteiger partial charge in [-0.25, -0.2) is 3.21 Å². The van der Waals surface area contributed by atoms with Crippen LogP contribution >= 0.6 is 22.9 Å². The quantitative estimate of drug-likeness (QED) is 0.562. The normalized spacial score (nSPS) is 13.0. The summed E-state index contributed by atoms with van der Waals surface area (Å²) in [6.45, 7) is 2.04. The van der Waals surface area contributed by atoms with Gasteiger partial charge in [-0.3, -0.25) is 0 Å². The predicted molar refractivity (Wildman–Crippen MR) is 45.1 cm³/mol. The first-order chi connectivity index (χ1) is 3.85. The van der Waals surface area contributed by atoms with Crippen LogP contribution in [0.5, 0.6) is 0 Å². The van der Waals surface area contributed by atoms with Gasteiger partial charge in [-0.15, -0.1) is 0 Å². The number of hydrogen-bond donors (Lipinski definition) is 1. The fourth-order valence-corrected chi connectivity index (χ4v) is 0.673. The summed E-state index contributed by atoms with van der Waals surface area (Å²) in [5, 5.41) is 0. The van der Waals surface area contributed by atoms with E-state index in [1.165, 1.54) is 0 Å². The number of hydrogen-bond acceptors (Lipinski definition) is 2. The fraction of sp³-hybridized carbons (Fsp3) is 0.400. The molecule has 0 spiro atoms. The third-order valence-corrected chi connectivity index (χ3v) is 1.12. The molecule has 0 aromatic heterocycles. The van der Waals surface area contributed by atoms with Gasteiger partial charge < -0.3 is 5.73 Å². The monoisotopic (exact) mass is 224 g/mol. The molecular formula is C5H9IN2. The molecule has 0 rings (SSSR count). The van der Waals surface area contributed by atoms with Crippen molar-refractivity contribution in [2.75, 3.05) is 0 Å². The van der Waals surface area contributed by atoms with Gasteiger partial charge in [0.1, 0.15) is 0 Å². The Labute approximate surface area is 63.4 Å². The molecule has 2 nitrogen and oxygen atoms in total. The minimum Gasteiger partial charge on any atom is -0.404 e. The summed E-state index contributed by atoms with van der Waals surface area (Å²) in [7, 11) is 0. The highest BCUT2D eigenvalue weighted by atomic mass is 127. The van der Waals surface area contributed by atoms with Gasteiger partial charge in [-0.05, 0) is 18.2 Å². The molecule has 3 heteroatoms. The van der Waals surface area contributed by atoms with Crippen LogP contribution < -0.4 is 5.73 Å². The molecule has 0 heterocycles. The number of halogens is 1. The first kappa shape index (κ1) is 7.94. The van der Waals surface area contributed by atoms with Crippen molar-refractivity contribution in [2.24, 2.45) is 8.94 Å². The van der Waals surface area contributed by atoms with E-state index in [9.17, 15) is 0 Å². The van der Waals surface area contributed by atoms with Crippen LogP contribution in [0.3, 0.4) is 0 Å². The van der Waals surface area contributed by atoms with Gasteiger partial charge in [-0.2, -0.15) is 0 Å². The standard InChI is InChI=1S/C5H9IN2/c1-2-5(3-7)4-8-6/h3-4H,2,7H2,1H3. The highest BCUT2D eigenvalue weighted by Gasteiger charge is 1.82. The van der Waals surface area contributed by atoms with Gasteiger partial charge >= 0.3 is 0 Å². The Morgan fingerprint density at radius 3 is 2.62 bits per heavy atom. The molecule has 0 aromatic rings. The maximum atomic E-state index is 5.21. The number of allylic oxidation sites excluding steroid dienone is 1. The second kappa shape index (κ2) is 5.08. The Morgan fingerprint density at radius 2 is 2.50 bits per heavy atom. The van der Waals surface area contributed by atoms with E-state index in [-0.39, 0.29) is 0 Å². The SMILES string of the molecule is CCC(C=NI)=CN. The highest BCUT2D eigenvalue weighted by Crippen LogP contribution is 1.94. The van der Waals surface area contributed by atoms with E-state index in [2.05, 4.69) is 3.21 Å². The fourth-order valence-electron chi connectivity index (χ4n) is 0.315. The topological polar surface area (TPSA) is 38.4 Å². The van der Waals surface area contributed by atoms with Crippen LogP contribution in [0.25, 0.3) is 0 Å². The van der Waals surface area contributed by atoms with Crippen molar-refractivity contribution in [2.45, 2.75) is 13.3 Å². The van der Waals surface area contributed by atoms with Gasteiger partial charge in [0.05, 0.1) is 22.9 Å². The summed E-state index contributed by atoms with van der Waals surface area (Å²) in [5.74, 6) is 0. The molecule has 0 amide bonds. The summed E-state index contributed by atoms with van der Waals surface area (Å²) >= 11 is 1.92.